The van der Waals surface area contributed by atoms with Gasteiger partial charge in [-0.15, -0.1) is 0 Å². The van der Waals surface area contributed by atoms with Gasteiger partial charge in [-0.05, 0) is 19.1 Å². The molecule has 0 saturated heterocycles. The highest BCUT2D eigenvalue weighted by molar-refractivity contribution is 6.02. The quantitative estimate of drug-likeness (QED) is 0.731. The highest BCUT2D eigenvalue weighted by Crippen LogP contribution is 2.35. The van der Waals surface area contributed by atoms with Crippen molar-refractivity contribution in [2.45, 2.75) is 19.4 Å². The van der Waals surface area contributed by atoms with Crippen LogP contribution >= 0.6 is 0 Å². The van der Waals surface area contributed by atoms with Gasteiger partial charge in [0.2, 0.25) is 11.8 Å². The summed E-state index contributed by atoms with van der Waals surface area (Å²) in [5.41, 5.74) is 3.05. The molecule has 0 saturated carbocycles. The Kier molecular flexibility index (Phi) is 4.57. The SMILES string of the molecule is COc1ccccc1NC(=O)[C@@H]1CC(=O)Nc2c(C)c(-c3ccccc3)nn21. The molecule has 7 nitrogen and oxygen atoms in total. The summed E-state index contributed by atoms with van der Waals surface area (Å²) in [5, 5.41) is 10.4. The van der Waals surface area contributed by atoms with Crippen LogP contribution in [-0.2, 0) is 9.59 Å². The molecule has 142 valence electrons. The number of hydrogen-bond donors (Lipinski definition) is 2. The van der Waals surface area contributed by atoms with E-state index in [2.05, 4.69) is 15.7 Å². The second-order valence-electron chi connectivity index (χ2n) is 6.59. The van der Waals surface area contributed by atoms with E-state index in [0.717, 1.165) is 16.8 Å². The lowest BCUT2D eigenvalue weighted by Gasteiger charge is -2.24. The highest BCUT2D eigenvalue weighted by Gasteiger charge is 2.34. The first-order valence-corrected chi connectivity index (χ1v) is 8.96. The third-order valence-corrected chi connectivity index (χ3v) is 4.79. The third kappa shape index (κ3) is 3.11. The number of carbonyl (C=O) groups excluding carboxylic acids is 2. The third-order valence-electron chi connectivity index (χ3n) is 4.79. The lowest BCUT2D eigenvalue weighted by Crippen LogP contribution is -2.36. The molecule has 0 bridgehead atoms. The van der Waals surface area contributed by atoms with E-state index < -0.39 is 6.04 Å². The zero-order chi connectivity index (χ0) is 19.7. The minimum Gasteiger partial charge on any atom is -0.495 e. The maximum absolute atomic E-state index is 13.0. The van der Waals surface area contributed by atoms with E-state index in [0.29, 0.717) is 17.3 Å². The van der Waals surface area contributed by atoms with Crippen molar-refractivity contribution < 1.29 is 14.3 Å². The Balaban J connectivity index is 1.70. The molecule has 4 rings (SSSR count). The zero-order valence-electron chi connectivity index (χ0n) is 15.6. The first-order valence-electron chi connectivity index (χ1n) is 8.96. The zero-order valence-corrected chi connectivity index (χ0v) is 15.6. The molecule has 28 heavy (non-hydrogen) atoms. The average molecular weight is 376 g/mol. The normalized spacial score (nSPS) is 15.5. The molecular formula is C21H20N4O3. The van der Waals surface area contributed by atoms with Crippen molar-refractivity contribution >= 4 is 23.3 Å². The van der Waals surface area contributed by atoms with Crippen LogP contribution in [0.15, 0.2) is 54.6 Å². The smallest absolute Gasteiger partial charge is 0.249 e. The molecule has 0 spiro atoms. The topological polar surface area (TPSA) is 85.2 Å². The number of anilines is 2. The van der Waals surface area contributed by atoms with Crippen LogP contribution in [0.4, 0.5) is 11.5 Å². The summed E-state index contributed by atoms with van der Waals surface area (Å²) < 4.78 is 6.89. The Morgan fingerprint density at radius 2 is 1.89 bits per heavy atom. The molecule has 2 amide bonds. The molecule has 0 radical (unpaired) electrons. The van der Waals surface area contributed by atoms with Gasteiger partial charge in [0.15, 0.2) is 0 Å². The number of para-hydroxylation sites is 2. The molecule has 3 aromatic rings. The lowest BCUT2D eigenvalue weighted by atomic mass is 10.1. The van der Waals surface area contributed by atoms with Crippen LogP contribution in [0.25, 0.3) is 11.3 Å². The van der Waals surface area contributed by atoms with Crippen molar-refractivity contribution in [3.8, 4) is 17.0 Å². The fourth-order valence-corrected chi connectivity index (χ4v) is 3.38. The van der Waals surface area contributed by atoms with Gasteiger partial charge in [-0.25, -0.2) is 4.68 Å². The van der Waals surface area contributed by atoms with Crippen LogP contribution in [0, 0.1) is 6.92 Å². The predicted molar refractivity (Wildman–Crippen MR) is 106 cm³/mol. The number of amides is 2. The summed E-state index contributed by atoms with van der Waals surface area (Å²) in [6.45, 7) is 1.89. The van der Waals surface area contributed by atoms with Gasteiger partial charge < -0.3 is 15.4 Å². The Hall–Kier alpha value is -3.61. The number of aromatic nitrogens is 2. The Morgan fingerprint density at radius 3 is 2.64 bits per heavy atom. The van der Waals surface area contributed by atoms with E-state index in [4.69, 9.17) is 4.74 Å². The number of fused-ring (bicyclic) bond motifs is 1. The van der Waals surface area contributed by atoms with Crippen molar-refractivity contribution in [2.24, 2.45) is 0 Å². The number of methoxy groups -OCH3 is 1. The Bertz CT molecular complexity index is 1040. The van der Waals surface area contributed by atoms with Crippen LogP contribution in [0.5, 0.6) is 5.75 Å². The maximum atomic E-state index is 13.0. The van der Waals surface area contributed by atoms with E-state index in [9.17, 15) is 9.59 Å². The van der Waals surface area contributed by atoms with E-state index in [-0.39, 0.29) is 18.2 Å². The molecule has 1 aliphatic heterocycles. The van der Waals surface area contributed by atoms with Crippen molar-refractivity contribution in [1.82, 2.24) is 9.78 Å². The molecule has 7 heteroatoms. The maximum Gasteiger partial charge on any atom is 0.249 e. The first kappa shape index (κ1) is 17.8. The summed E-state index contributed by atoms with van der Waals surface area (Å²) in [6, 6.07) is 16.1. The van der Waals surface area contributed by atoms with Gasteiger partial charge in [0.05, 0.1) is 24.9 Å². The Morgan fingerprint density at radius 1 is 1.18 bits per heavy atom. The highest BCUT2D eigenvalue weighted by atomic mass is 16.5. The molecular weight excluding hydrogens is 356 g/mol. The summed E-state index contributed by atoms with van der Waals surface area (Å²) in [7, 11) is 1.54. The summed E-state index contributed by atoms with van der Waals surface area (Å²) in [6.07, 6.45) is 0.0172. The number of carbonyl (C=O) groups is 2. The van der Waals surface area contributed by atoms with Gasteiger partial charge in [-0.2, -0.15) is 5.10 Å². The van der Waals surface area contributed by atoms with Gasteiger partial charge >= 0.3 is 0 Å². The first-order chi connectivity index (χ1) is 13.6. The molecule has 2 N–H and O–H groups in total. The standard InChI is InChI=1S/C21H20N4O3/c1-13-19(14-8-4-3-5-9-14)24-25-16(12-18(26)23-20(13)25)21(27)22-15-10-6-7-11-17(15)28-2/h3-11,16H,12H2,1-2H3,(H,22,27)(H,23,26)/t16-/m0/s1. The number of benzene rings is 2. The van der Waals surface area contributed by atoms with Crippen molar-refractivity contribution in [2.75, 3.05) is 17.7 Å². The van der Waals surface area contributed by atoms with E-state index >= 15 is 0 Å². The molecule has 1 atom stereocenters. The number of ether oxygens (including phenoxy) is 1. The minimum absolute atomic E-state index is 0.0172. The van der Waals surface area contributed by atoms with Gasteiger partial charge in [-0.1, -0.05) is 42.5 Å². The molecule has 1 aliphatic rings. The predicted octanol–water partition coefficient (Wildman–Crippen LogP) is 3.39. The van der Waals surface area contributed by atoms with Crippen LogP contribution in [-0.4, -0.2) is 28.7 Å². The van der Waals surface area contributed by atoms with Crippen LogP contribution < -0.4 is 15.4 Å². The van der Waals surface area contributed by atoms with Crippen molar-refractivity contribution in [1.29, 1.82) is 0 Å². The minimum atomic E-state index is -0.746. The van der Waals surface area contributed by atoms with Gasteiger partial charge in [-0.3, -0.25) is 9.59 Å². The van der Waals surface area contributed by atoms with Crippen LogP contribution in [0.1, 0.15) is 18.0 Å². The van der Waals surface area contributed by atoms with Gasteiger partial charge in [0.25, 0.3) is 0 Å². The molecule has 0 fully saturated rings. The molecule has 0 unspecified atom stereocenters. The molecule has 2 heterocycles. The van der Waals surface area contributed by atoms with E-state index in [1.807, 2.05) is 49.4 Å². The molecule has 0 aliphatic carbocycles. The van der Waals surface area contributed by atoms with Crippen LogP contribution in [0.2, 0.25) is 0 Å². The summed E-state index contributed by atoms with van der Waals surface area (Å²) >= 11 is 0. The Labute approximate surface area is 162 Å². The van der Waals surface area contributed by atoms with Gasteiger partial charge in [0.1, 0.15) is 17.6 Å². The lowest BCUT2D eigenvalue weighted by molar-refractivity contribution is -0.125. The van der Waals surface area contributed by atoms with Crippen molar-refractivity contribution in [3.63, 3.8) is 0 Å². The van der Waals surface area contributed by atoms with Crippen LogP contribution in [0.3, 0.4) is 0 Å². The van der Waals surface area contributed by atoms with E-state index in [1.165, 1.54) is 0 Å². The average Bonchev–Trinajstić information content (AvgIpc) is 3.05. The number of rotatable bonds is 4. The fourth-order valence-electron chi connectivity index (χ4n) is 3.38. The molecule has 1 aromatic heterocycles. The largest absolute Gasteiger partial charge is 0.495 e. The second kappa shape index (κ2) is 7.19. The number of nitrogens with zero attached hydrogens (tertiary/aromatic N) is 2. The monoisotopic (exact) mass is 376 g/mol. The second-order valence-corrected chi connectivity index (χ2v) is 6.59. The summed E-state index contributed by atoms with van der Waals surface area (Å²) in [5.74, 6) is 0.575. The summed E-state index contributed by atoms with van der Waals surface area (Å²) in [4.78, 5) is 25.3. The number of nitrogens with one attached hydrogen (secondary N) is 2. The fraction of sp³-hybridized carbons (Fsp3) is 0.190. The van der Waals surface area contributed by atoms with Gasteiger partial charge in [0, 0.05) is 11.1 Å². The molecule has 2 aromatic carbocycles. The van der Waals surface area contributed by atoms with Crippen molar-refractivity contribution in [3.05, 3.63) is 60.2 Å². The number of hydrogen-bond acceptors (Lipinski definition) is 4. The van der Waals surface area contributed by atoms with E-state index in [1.54, 1.807) is 23.9 Å².